The van der Waals surface area contributed by atoms with Crippen molar-refractivity contribution in [3.63, 3.8) is 0 Å². The zero-order valence-corrected chi connectivity index (χ0v) is 10.2. The Morgan fingerprint density at radius 3 is 2.59 bits per heavy atom. The molecule has 2 N–H and O–H groups in total. The van der Waals surface area contributed by atoms with Crippen molar-refractivity contribution in [2.24, 2.45) is 5.73 Å². The molecule has 92 valence electrons. The highest BCUT2D eigenvalue weighted by Gasteiger charge is 2.21. The summed E-state index contributed by atoms with van der Waals surface area (Å²) in [4.78, 5) is 0. The second-order valence-corrected chi connectivity index (χ2v) is 4.11. The van der Waals surface area contributed by atoms with E-state index >= 15 is 0 Å². The molecule has 0 saturated carbocycles. The van der Waals surface area contributed by atoms with Crippen LogP contribution < -0.4 is 10.5 Å². The van der Waals surface area contributed by atoms with E-state index in [0.29, 0.717) is 12.4 Å². The van der Waals surface area contributed by atoms with Gasteiger partial charge in [0.1, 0.15) is 24.2 Å². The Kier molecular flexibility index (Phi) is 4.47. The van der Waals surface area contributed by atoms with Gasteiger partial charge in [0.25, 0.3) is 0 Å². The quantitative estimate of drug-likeness (QED) is 0.854. The molecular weight excluding hydrogens is 219 g/mol. The summed E-state index contributed by atoms with van der Waals surface area (Å²) in [6.07, 6.45) is 1.57. The molecule has 17 heavy (non-hydrogen) atoms. The lowest BCUT2D eigenvalue weighted by Crippen LogP contribution is -2.44. The molecule has 1 aromatic carbocycles. The molecule has 0 atom stereocenters. The molecule has 0 radical (unpaired) electrons. The molecule has 0 heterocycles. The maximum Gasteiger partial charge on any atom is 0.137 e. The van der Waals surface area contributed by atoms with E-state index in [2.05, 4.69) is 0 Å². The molecule has 3 nitrogen and oxygen atoms in total. The summed E-state index contributed by atoms with van der Waals surface area (Å²) in [5, 5.41) is 8.86. The van der Waals surface area contributed by atoms with Crippen LogP contribution in [-0.2, 0) is 0 Å². The minimum atomic E-state index is -0.445. The van der Waals surface area contributed by atoms with E-state index in [0.717, 1.165) is 18.9 Å². The zero-order chi connectivity index (χ0) is 12.9. The van der Waals surface area contributed by atoms with Gasteiger partial charge in [-0.05, 0) is 31.0 Å². The highest BCUT2D eigenvalue weighted by molar-refractivity contribution is 5.43. The van der Waals surface area contributed by atoms with Crippen molar-refractivity contribution in [2.45, 2.75) is 32.2 Å². The Bertz CT molecular complexity index is 422. The summed E-state index contributed by atoms with van der Waals surface area (Å²) in [6.45, 7) is 4.30. The molecule has 0 aromatic heterocycles. The summed E-state index contributed by atoms with van der Waals surface area (Å²) in [7, 11) is 0. The number of nitrogens with zero attached hydrogens (tertiary/aromatic N) is 1. The molecule has 0 fully saturated rings. The number of ether oxygens (including phenoxy) is 1. The molecule has 0 aliphatic rings. The van der Waals surface area contributed by atoms with Crippen molar-refractivity contribution < 1.29 is 9.13 Å². The molecule has 0 spiro atoms. The van der Waals surface area contributed by atoms with Crippen LogP contribution in [0.4, 0.5) is 4.39 Å². The monoisotopic (exact) mass is 236 g/mol. The van der Waals surface area contributed by atoms with Crippen LogP contribution in [0.5, 0.6) is 5.75 Å². The normalized spacial score (nSPS) is 11.0. The Morgan fingerprint density at radius 1 is 1.41 bits per heavy atom. The van der Waals surface area contributed by atoms with Gasteiger partial charge >= 0.3 is 0 Å². The fraction of sp³-hybridized carbons (Fsp3) is 0.462. The molecule has 4 heteroatoms. The third-order valence-corrected chi connectivity index (χ3v) is 2.99. The van der Waals surface area contributed by atoms with E-state index in [1.165, 1.54) is 12.1 Å². The van der Waals surface area contributed by atoms with Crippen molar-refractivity contribution in [1.82, 2.24) is 0 Å². The predicted molar refractivity (Wildman–Crippen MR) is 64.1 cm³/mol. The van der Waals surface area contributed by atoms with Gasteiger partial charge in [0.15, 0.2) is 0 Å². The third kappa shape index (κ3) is 3.43. The average Bonchev–Trinajstić information content (AvgIpc) is 2.36. The van der Waals surface area contributed by atoms with Crippen molar-refractivity contribution in [1.29, 1.82) is 5.26 Å². The summed E-state index contributed by atoms with van der Waals surface area (Å²) < 4.78 is 18.4. The standard InChI is InChI=1S/C13H17FN2O/c1-3-13(16,4-2)9-17-12-6-5-11(14)7-10(12)8-15/h5-7H,3-4,9,16H2,1-2H3. The number of halogens is 1. The largest absolute Gasteiger partial charge is 0.490 e. The Labute approximate surface area is 101 Å². The molecule has 0 amide bonds. The van der Waals surface area contributed by atoms with Crippen molar-refractivity contribution >= 4 is 0 Å². The van der Waals surface area contributed by atoms with Gasteiger partial charge in [-0.25, -0.2) is 4.39 Å². The van der Waals surface area contributed by atoms with Gasteiger partial charge < -0.3 is 10.5 Å². The lowest BCUT2D eigenvalue weighted by molar-refractivity contribution is 0.206. The van der Waals surface area contributed by atoms with E-state index in [-0.39, 0.29) is 5.56 Å². The Hall–Kier alpha value is -1.60. The summed E-state index contributed by atoms with van der Waals surface area (Å²) in [6, 6.07) is 5.79. The highest BCUT2D eigenvalue weighted by Crippen LogP contribution is 2.21. The van der Waals surface area contributed by atoms with E-state index < -0.39 is 11.4 Å². The SMILES string of the molecule is CCC(N)(CC)COc1ccc(F)cc1C#N. The van der Waals surface area contributed by atoms with Crippen molar-refractivity contribution in [3.05, 3.63) is 29.6 Å². The molecule has 1 rings (SSSR count). The highest BCUT2D eigenvalue weighted by atomic mass is 19.1. The van der Waals surface area contributed by atoms with Gasteiger partial charge in [0.2, 0.25) is 0 Å². The first kappa shape index (κ1) is 13.5. The van der Waals surface area contributed by atoms with E-state index in [1.54, 1.807) is 0 Å². The molecule has 1 aromatic rings. The van der Waals surface area contributed by atoms with Gasteiger partial charge in [0.05, 0.1) is 5.56 Å². The molecule has 0 bridgehead atoms. The lowest BCUT2D eigenvalue weighted by Gasteiger charge is -2.26. The van der Waals surface area contributed by atoms with Gasteiger partial charge in [0, 0.05) is 5.54 Å². The zero-order valence-electron chi connectivity index (χ0n) is 10.2. The number of rotatable bonds is 5. The Balaban J connectivity index is 2.80. The van der Waals surface area contributed by atoms with Gasteiger partial charge in [-0.2, -0.15) is 5.26 Å². The number of nitrogens with two attached hydrogens (primary N) is 1. The first-order chi connectivity index (χ1) is 8.04. The fourth-order valence-corrected chi connectivity index (χ4v) is 1.39. The van der Waals surface area contributed by atoms with Crippen LogP contribution in [-0.4, -0.2) is 12.1 Å². The first-order valence-corrected chi connectivity index (χ1v) is 5.66. The van der Waals surface area contributed by atoms with Crippen LogP contribution in [0.15, 0.2) is 18.2 Å². The van der Waals surface area contributed by atoms with Crippen LogP contribution in [0.3, 0.4) is 0 Å². The van der Waals surface area contributed by atoms with Crippen molar-refractivity contribution in [3.8, 4) is 11.8 Å². The first-order valence-electron chi connectivity index (χ1n) is 5.66. The number of benzene rings is 1. The van der Waals surface area contributed by atoms with Crippen LogP contribution >= 0.6 is 0 Å². The topological polar surface area (TPSA) is 59.0 Å². The van der Waals surface area contributed by atoms with E-state index in [1.807, 2.05) is 19.9 Å². The maximum absolute atomic E-state index is 12.9. The van der Waals surface area contributed by atoms with Crippen LogP contribution in [0, 0.1) is 17.1 Å². The Morgan fingerprint density at radius 2 is 2.06 bits per heavy atom. The van der Waals surface area contributed by atoms with Crippen molar-refractivity contribution in [2.75, 3.05) is 6.61 Å². The second kappa shape index (κ2) is 5.65. The summed E-state index contributed by atoms with van der Waals surface area (Å²) in [5.41, 5.74) is 5.88. The molecule has 0 aliphatic heterocycles. The molecule has 0 unspecified atom stereocenters. The van der Waals surface area contributed by atoms with Crippen LogP contribution in [0.25, 0.3) is 0 Å². The molecular formula is C13H17FN2O. The smallest absolute Gasteiger partial charge is 0.137 e. The fourth-order valence-electron chi connectivity index (χ4n) is 1.39. The lowest BCUT2D eigenvalue weighted by atomic mass is 9.95. The van der Waals surface area contributed by atoms with E-state index in [9.17, 15) is 4.39 Å². The molecule has 0 saturated heterocycles. The predicted octanol–water partition coefficient (Wildman–Crippen LogP) is 2.59. The number of hydrogen-bond donors (Lipinski definition) is 1. The van der Waals surface area contributed by atoms with E-state index in [4.69, 9.17) is 15.7 Å². The minimum absolute atomic E-state index is 0.194. The molecule has 0 aliphatic carbocycles. The average molecular weight is 236 g/mol. The van der Waals surface area contributed by atoms with Gasteiger partial charge in [-0.3, -0.25) is 0 Å². The van der Waals surface area contributed by atoms with Crippen LogP contribution in [0.2, 0.25) is 0 Å². The summed E-state index contributed by atoms with van der Waals surface area (Å²) in [5.74, 6) is -0.0653. The number of hydrogen-bond acceptors (Lipinski definition) is 3. The minimum Gasteiger partial charge on any atom is -0.490 e. The third-order valence-electron chi connectivity index (χ3n) is 2.99. The van der Waals surface area contributed by atoms with Crippen LogP contribution in [0.1, 0.15) is 32.3 Å². The maximum atomic E-state index is 12.9. The summed E-state index contributed by atoms with van der Waals surface area (Å²) >= 11 is 0. The number of nitriles is 1. The second-order valence-electron chi connectivity index (χ2n) is 4.11. The van der Waals surface area contributed by atoms with Gasteiger partial charge in [-0.1, -0.05) is 13.8 Å². The van der Waals surface area contributed by atoms with Gasteiger partial charge in [-0.15, -0.1) is 0 Å².